The van der Waals surface area contributed by atoms with Gasteiger partial charge in [0.1, 0.15) is 0 Å². The zero-order valence-electron chi connectivity index (χ0n) is 10.1. The van der Waals surface area contributed by atoms with Crippen molar-refractivity contribution < 1.29 is 9.90 Å². The highest BCUT2D eigenvalue weighted by Gasteiger charge is 2.39. The largest absolute Gasteiger partial charge is 0.478 e. The molecule has 0 atom stereocenters. The Bertz CT molecular complexity index is 276. The van der Waals surface area contributed by atoms with Gasteiger partial charge in [-0.3, -0.25) is 0 Å². The Kier molecular flexibility index (Phi) is 4.34. The molecule has 0 saturated carbocycles. The van der Waals surface area contributed by atoms with Gasteiger partial charge < -0.3 is 10.4 Å². The van der Waals surface area contributed by atoms with Crippen molar-refractivity contribution in [2.24, 2.45) is 5.92 Å². The number of hydrogen-bond acceptors (Lipinski definition) is 2. The highest BCUT2D eigenvalue weighted by molar-refractivity contribution is 5.86. The fourth-order valence-electron chi connectivity index (χ4n) is 2.74. The van der Waals surface area contributed by atoms with Gasteiger partial charge in [0.2, 0.25) is 0 Å². The molecule has 1 saturated heterocycles. The molecule has 94 valence electrons. The standard InChI is InChI=1S/C12H21NO2.CH4/c1-8(10(14)15)9-6-11(2,3)13-12(4,5)7-9;/h9,13H,1,6-7H2,2-5H3,(H,14,15);1H4. The lowest BCUT2D eigenvalue weighted by Crippen LogP contribution is -2.58. The zero-order valence-corrected chi connectivity index (χ0v) is 10.1. The fourth-order valence-corrected chi connectivity index (χ4v) is 2.74. The number of hydrogen-bond donors (Lipinski definition) is 2. The van der Waals surface area contributed by atoms with Gasteiger partial charge in [-0.2, -0.15) is 0 Å². The van der Waals surface area contributed by atoms with Crippen LogP contribution in [0, 0.1) is 5.92 Å². The second-order valence-electron chi connectivity index (χ2n) is 5.83. The average Bonchev–Trinajstić information content (AvgIpc) is 1.96. The zero-order chi connectivity index (χ0) is 11.9. The van der Waals surface area contributed by atoms with Crippen molar-refractivity contribution in [3.05, 3.63) is 12.2 Å². The first-order chi connectivity index (χ1) is 6.63. The van der Waals surface area contributed by atoms with Gasteiger partial charge in [-0.25, -0.2) is 4.79 Å². The van der Waals surface area contributed by atoms with Crippen molar-refractivity contribution in [2.75, 3.05) is 0 Å². The van der Waals surface area contributed by atoms with Crippen LogP contribution in [0.25, 0.3) is 0 Å². The van der Waals surface area contributed by atoms with Gasteiger partial charge in [0, 0.05) is 16.7 Å². The van der Waals surface area contributed by atoms with Crippen LogP contribution in [0.4, 0.5) is 0 Å². The van der Waals surface area contributed by atoms with E-state index in [1.54, 1.807) is 0 Å². The summed E-state index contributed by atoms with van der Waals surface area (Å²) in [5.74, 6) is -0.790. The molecule has 0 bridgehead atoms. The molecule has 0 aliphatic carbocycles. The minimum Gasteiger partial charge on any atom is -0.478 e. The number of carbonyl (C=O) groups is 1. The highest BCUT2D eigenvalue weighted by atomic mass is 16.4. The van der Waals surface area contributed by atoms with Gasteiger partial charge in [0.15, 0.2) is 0 Å². The third-order valence-corrected chi connectivity index (χ3v) is 2.96. The number of rotatable bonds is 2. The summed E-state index contributed by atoms with van der Waals surface area (Å²) in [7, 11) is 0. The molecule has 1 aliphatic heterocycles. The summed E-state index contributed by atoms with van der Waals surface area (Å²) >= 11 is 0. The molecule has 0 unspecified atom stereocenters. The van der Waals surface area contributed by atoms with Crippen LogP contribution in [-0.2, 0) is 4.79 Å². The molecular formula is C13H25NO2. The monoisotopic (exact) mass is 227 g/mol. The first-order valence-corrected chi connectivity index (χ1v) is 5.34. The van der Waals surface area contributed by atoms with E-state index in [9.17, 15) is 4.79 Å². The minimum atomic E-state index is -0.867. The number of nitrogens with one attached hydrogen (secondary N) is 1. The van der Waals surface area contributed by atoms with Crippen molar-refractivity contribution in [2.45, 2.75) is 59.0 Å². The summed E-state index contributed by atoms with van der Waals surface area (Å²) in [4.78, 5) is 10.9. The van der Waals surface area contributed by atoms with Crippen LogP contribution in [0.2, 0.25) is 0 Å². The Morgan fingerprint density at radius 1 is 1.25 bits per heavy atom. The summed E-state index contributed by atoms with van der Waals surface area (Å²) in [6.07, 6.45) is 1.67. The van der Waals surface area contributed by atoms with E-state index in [0.29, 0.717) is 5.57 Å². The van der Waals surface area contributed by atoms with Gasteiger partial charge in [0.25, 0.3) is 0 Å². The number of piperidine rings is 1. The summed E-state index contributed by atoms with van der Waals surface area (Å²) < 4.78 is 0. The molecule has 0 radical (unpaired) electrons. The smallest absolute Gasteiger partial charge is 0.331 e. The molecule has 1 fully saturated rings. The van der Waals surface area contributed by atoms with Crippen molar-refractivity contribution in [3.8, 4) is 0 Å². The molecule has 0 spiro atoms. The van der Waals surface area contributed by atoms with E-state index in [1.807, 2.05) is 0 Å². The molecule has 0 aromatic carbocycles. The first kappa shape index (κ1) is 15.2. The second-order valence-corrected chi connectivity index (χ2v) is 5.83. The maximum atomic E-state index is 10.9. The maximum absolute atomic E-state index is 10.9. The van der Waals surface area contributed by atoms with Crippen LogP contribution in [0.15, 0.2) is 12.2 Å². The average molecular weight is 227 g/mol. The van der Waals surface area contributed by atoms with E-state index >= 15 is 0 Å². The van der Waals surface area contributed by atoms with E-state index in [2.05, 4.69) is 39.6 Å². The maximum Gasteiger partial charge on any atom is 0.331 e. The number of carboxylic acid groups (broad SMARTS) is 1. The normalized spacial score (nSPS) is 23.2. The lowest BCUT2D eigenvalue weighted by molar-refractivity contribution is -0.133. The Hall–Kier alpha value is -0.830. The predicted molar refractivity (Wildman–Crippen MR) is 67.5 cm³/mol. The quantitative estimate of drug-likeness (QED) is 0.713. The van der Waals surface area contributed by atoms with Crippen LogP contribution >= 0.6 is 0 Å². The summed E-state index contributed by atoms with van der Waals surface area (Å²) in [6, 6.07) is 0. The Balaban J connectivity index is 0.00000225. The summed E-state index contributed by atoms with van der Waals surface area (Å²) in [5.41, 5.74) is 0.299. The van der Waals surface area contributed by atoms with E-state index < -0.39 is 5.97 Å². The van der Waals surface area contributed by atoms with Gasteiger partial charge in [-0.15, -0.1) is 0 Å². The van der Waals surface area contributed by atoms with Gasteiger partial charge in [-0.05, 0) is 46.5 Å². The van der Waals surface area contributed by atoms with Crippen LogP contribution in [-0.4, -0.2) is 22.2 Å². The van der Waals surface area contributed by atoms with Crippen molar-refractivity contribution in [1.82, 2.24) is 5.32 Å². The lowest BCUT2D eigenvalue weighted by Gasteiger charge is -2.46. The van der Waals surface area contributed by atoms with Crippen molar-refractivity contribution in [1.29, 1.82) is 0 Å². The molecule has 0 amide bonds. The molecule has 1 aliphatic rings. The highest BCUT2D eigenvalue weighted by Crippen LogP contribution is 2.36. The first-order valence-electron chi connectivity index (χ1n) is 5.34. The molecule has 0 aromatic heterocycles. The third-order valence-electron chi connectivity index (χ3n) is 2.96. The molecule has 3 nitrogen and oxygen atoms in total. The molecule has 16 heavy (non-hydrogen) atoms. The molecule has 1 rings (SSSR count). The third kappa shape index (κ3) is 3.63. The van der Waals surface area contributed by atoms with E-state index in [4.69, 9.17) is 5.11 Å². The lowest BCUT2D eigenvalue weighted by atomic mass is 9.73. The summed E-state index contributed by atoms with van der Waals surface area (Å²) in [6.45, 7) is 12.1. The fraction of sp³-hybridized carbons (Fsp3) is 0.769. The van der Waals surface area contributed by atoms with Gasteiger partial charge in [0.05, 0.1) is 0 Å². The van der Waals surface area contributed by atoms with E-state index in [0.717, 1.165) is 12.8 Å². The SMILES string of the molecule is C.C=C(C(=O)O)C1CC(C)(C)NC(C)(C)C1. The van der Waals surface area contributed by atoms with Gasteiger partial charge >= 0.3 is 5.97 Å². The number of carboxylic acids is 1. The topological polar surface area (TPSA) is 49.3 Å². The summed E-state index contributed by atoms with van der Waals surface area (Å²) in [5, 5.41) is 12.5. The Labute approximate surface area is 98.9 Å². The molecular weight excluding hydrogens is 202 g/mol. The number of aliphatic carboxylic acids is 1. The van der Waals surface area contributed by atoms with Crippen molar-refractivity contribution >= 4 is 5.97 Å². The van der Waals surface area contributed by atoms with Crippen LogP contribution in [0.5, 0.6) is 0 Å². The Morgan fingerprint density at radius 2 is 1.62 bits per heavy atom. The molecule has 3 heteroatoms. The van der Waals surface area contributed by atoms with Crippen LogP contribution in [0.1, 0.15) is 48.0 Å². The van der Waals surface area contributed by atoms with Gasteiger partial charge in [-0.1, -0.05) is 14.0 Å². The molecule has 2 N–H and O–H groups in total. The predicted octanol–water partition coefficient (Wildman–Crippen LogP) is 2.82. The molecule has 0 aromatic rings. The minimum absolute atomic E-state index is 0. The molecule has 1 heterocycles. The van der Waals surface area contributed by atoms with Crippen LogP contribution < -0.4 is 5.32 Å². The van der Waals surface area contributed by atoms with Crippen LogP contribution in [0.3, 0.4) is 0 Å². The van der Waals surface area contributed by atoms with E-state index in [1.165, 1.54) is 0 Å². The second kappa shape index (κ2) is 4.58. The Morgan fingerprint density at radius 3 is 1.94 bits per heavy atom. The van der Waals surface area contributed by atoms with E-state index in [-0.39, 0.29) is 24.4 Å². The van der Waals surface area contributed by atoms with Crippen molar-refractivity contribution in [3.63, 3.8) is 0 Å².